The Morgan fingerprint density at radius 3 is 2.42 bits per heavy atom. The third kappa shape index (κ3) is 1.67. The second kappa shape index (κ2) is 3.72. The predicted molar refractivity (Wildman–Crippen MR) is 48.3 cm³/mol. The van der Waals surface area contributed by atoms with Crippen LogP contribution >= 0.6 is 0 Å². The van der Waals surface area contributed by atoms with Crippen LogP contribution in [0.4, 0.5) is 0 Å². The number of hydrogen-bond acceptors (Lipinski definition) is 2. The van der Waals surface area contributed by atoms with Gasteiger partial charge in [-0.3, -0.25) is 4.68 Å². The molecular formula is C9H16N2O. The van der Waals surface area contributed by atoms with Crippen molar-refractivity contribution in [1.29, 1.82) is 0 Å². The van der Waals surface area contributed by atoms with Gasteiger partial charge in [-0.1, -0.05) is 0 Å². The summed E-state index contributed by atoms with van der Waals surface area (Å²) < 4.78 is 6.98. The van der Waals surface area contributed by atoms with Crippen molar-refractivity contribution < 1.29 is 4.74 Å². The summed E-state index contributed by atoms with van der Waals surface area (Å²) in [6.45, 7) is 7.79. The SMILES string of the molecule is COCCn1nc(C)c(C)c1C. The second-order valence-electron chi connectivity index (χ2n) is 3.01. The first-order chi connectivity index (χ1) is 5.66. The van der Waals surface area contributed by atoms with Gasteiger partial charge >= 0.3 is 0 Å². The number of hydrogen-bond donors (Lipinski definition) is 0. The lowest BCUT2D eigenvalue weighted by Crippen LogP contribution is -2.07. The van der Waals surface area contributed by atoms with Gasteiger partial charge in [0.15, 0.2) is 0 Å². The molecule has 3 heteroatoms. The molecule has 0 saturated carbocycles. The van der Waals surface area contributed by atoms with Crippen LogP contribution in [0.3, 0.4) is 0 Å². The van der Waals surface area contributed by atoms with Gasteiger partial charge in [0.05, 0.1) is 18.8 Å². The zero-order valence-corrected chi connectivity index (χ0v) is 8.22. The molecule has 0 aliphatic rings. The Bertz CT molecular complexity index is 266. The summed E-state index contributed by atoms with van der Waals surface area (Å²) in [4.78, 5) is 0. The first-order valence-corrected chi connectivity index (χ1v) is 4.16. The highest BCUT2D eigenvalue weighted by molar-refractivity contribution is 5.21. The maximum Gasteiger partial charge on any atom is 0.0658 e. The summed E-state index contributed by atoms with van der Waals surface area (Å²) in [6, 6.07) is 0. The molecular weight excluding hydrogens is 152 g/mol. The first-order valence-electron chi connectivity index (χ1n) is 4.16. The van der Waals surface area contributed by atoms with Gasteiger partial charge in [0.1, 0.15) is 0 Å². The summed E-state index contributed by atoms with van der Waals surface area (Å²) >= 11 is 0. The van der Waals surface area contributed by atoms with E-state index in [9.17, 15) is 0 Å². The summed E-state index contributed by atoms with van der Waals surface area (Å²) in [5, 5.41) is 4.38. The lowest BCUT2D eigenvalue weighted by atomic mass is 10.2. The number of nitrogens with zero attached hydrogens (tertiary/aromatic N) is 2. The molecule has 0 bridgehead atoms. The van der Waals surface area contributed by atoms with Crippen LogP contribution in [0, 0.1) is 20.8 Å². The molecule has 1 heterocycles. The molecule has 0 unspecified atom stereocenters. The topological polar surface area (TPSA) is 27.1 Å². The average molecular weight is 168 g/mol. The summed E-state index contributed by atoms with van der Waals surface area (Å²) in [5.41, 5.74) is 3.64. The predicted octanol–water partition coefficient (Wildman–Crippen LogP) is 1.45. The van der Waals surface area contributed by atoms with Crippen LogP contribution in [0.5, 0.6) is 0 Å². The maximum atomic E-state index is 4.99. The fourth-order valence-corrected chi connectivity index (χ4v) is 1.18. The van der Waals surface area contributed by atoms with E-state index in [1.807, 2.05) is 11.6 Å². The Kier molecular flexibility index (Phi) is 2.87. The van der Waals surface area contributed by atoms with Crippen molar-refractivity contribution in [3.05, 3.63) is 17.0 Å². The van der Waals surface area contributed by atoms with Crippen molar-refractivity contribution in [1.82, 2.24) is 9.78 Å². The van der Waals surface area contributed by atoms with E-state index in [0.29, 0.717) is 0 Å². The van der Waals surface area contributed by atoms with Gasteiger partial charge in [-0.15, -0.1) is 0 Å². The number of aromatic nitrogens is 2. The quantitative estimate of drug-likeness (QED) is 0.683. The third-order valence-corrected chi connectivity index (χ3v) is 2.25. The van der Waals surface area contributed by atoms with Crippen LogP contribution in [0.2, 0.25) is 0 Å². The zero-order valence-electron chi connectivity index (χ0n) is 8.22. The summed E-state index contributed by atoms with van der Waals surface area (Å²) in [7, 11) is 1.71. The molecule has 1 aromatic rings. The smallest absolute Gasteiger partial charge is 0.0658 e. The Morgan fingerprint density at radius 2 is 2.00 bits per heavy atom. The molecule has 0 amide bonds. The number of rotatable bonds is 3. The minimum absolute atomic E-state index is 0.724. The maximum absolute atomic E-state index is 4.99. The van der Waals surface area contributed by atoms with Crippen molar-refractivity contribution in [3.63, 3.8) is 0 Å². The van der Waals surface area contributed by atoms with Crippen molar-refractivity contribution in [2.45, 2.75) is 27.3 Å². The van der Waals surface area contributed by atoms with Gasteiger partial charge < -0.3 is 4.74 Å². The van der Waals surface area contributed by atoms with Crippen LogP contribution in [0.15, 0.2) is 0 Å². The lowest BCUT2D eigenvalue weighted by molar-refractivity contribution is 0.182. The molecule has 1 aromatic heterocycles. The largest absolute Gasteiger partial charge is 0.383 e. The van der Waals surface area contributed by atoms with E-state index in [0.717, 1.165) is 18.8 Å². The molecule has 0 aliphatic heterocycles. The average Bonchev–Trinajstić information content (AvgIpc) is 2.30. The molecule has 12 heavy (non-hydrogen) atoms. The van der Waals surface area contributed by atoms with Crippen molar-refractivity contribution in [2.75, 3.05) is 13.7 Å². The van der Waals surface area contributed by atoms with E-state index in [4.69, 9.17) is 4.74 Å². The van der Waals surface area contributed by atoms with Crippen LogP contribution in [0.25, 0.3) is 0 Å². The summed E-state index contributed by atoms with van der Waals surface area (Å²) in [6.07, 6.45) is 0. The van der Waals surface area contributed by atoms with E-state index < -0.39 is 0 Å². The molecule has 0 radical (unpaired) electrons. The molecule has 3 nitrogen and oxygen atoms in total. The highest BCUT2D eigenvalue weighted by Crippen LogP contribution is 2.10. The minimum Gasteiger partial charge on any atom is -0.383 e. The van der Waals surface area contributed by atoms with Gasteiger partial charge in [-0.2, -0.15) is 5.10 Å². The standard InChI is InChI=1S/C9H16N2O/c1-7-8(2)10-11(9(7)3)5-6-12-4/h5-6H2,1-4H3. The molecule has 0 N–H and O–H groups in total. The molecule has 1 rings (SSSR count). The van der Waals surface area contributed by atoms with Crippen molar-refractivity contribution >= 4 is 0 Å². The normalized spacial score (nSPS) is 10.7. The van der Waals surface area contributed by atoms with E-state index in [2.05, 4.69) is 18.9 Å². The zero-order chi connectivity index (χ0) is 9.14. The monoisotopic (exact) mass is 168 g/mol. The third-order valence-electron chi connectivity index (χ3n) is 2.25. The summed E-state index contributed by atoms with van der Waals surface area (Å²) in [5.74, 6) is 0. The molecule has 0 spiro atoms. The molecule has 0 fully saturated rings. The van der Waals surface area contributed by atoms with Gasteiger partial charge in [-0.05, 0) is 26.3 Å². The van der Waals surface area contributed by atoms with E-state index in [1.54, 1.807) is 7.11 Å². The van der Waals surface area contributed by atoms with E-state index >= 15 is 0 Å². The van der Waals surface area contributed by atoms with Gasteiger partial charge in [0, 0.05) is 12.8 Å². The Morgan fingerprint density at radius 1 is 1.33 bits per heavy atom. The molecule has 0 atom stereocenters. The Balaban J connectivity index is 2.79. The van der Waals surface area contributed by atoms with Crippen molar-refractivity contribution in [3.8, 4) is 0 Å². The Labute approximate surface area is 73.3 Å². The number of ether oxygens (including phenoxy) is 1. The highest BCUT2D eigenvalue weighted by Gasteiger charge is 2.05. The van der Waals surface area contributed by atoms with Crippen LogP contribution < -0.4 is 0 Å². The first kappa shape index (κ1) is 9.26. The van der Waals surface area contributed by atoms with Crippen LogP contribution in [-0.2, 0) is 11.3 Å². The van der Waals surface area contributed by atoms with Crippen LogP contribution in [0.1, 0.15) is 17.0 Å². The van der Waals surface area contributed by atoms with Gasteiger partial charge in [-0.25, -0.2) is 0 Å². The van der Waals surface area contributed by atoms with Gasteiger partial charge in [0.2, 0.25) is 0 Å². The van der Waals surface area contributed by atoms with Gasteiger partial charge in [0.25, 0.3) is 0 Å². The molecule has 0 aromatic carbocycles. The Hall–Kier alpha value is -0.830. The lowest BCUT2D eigenvalue weighted by Gasteiger charge is -2.02. The second-order valence-corrected chi connectivity index (χ2v) is 3.01. The van der Waals surface area contributed by atoms with E-state index in [1.165, 1.54) is 11.3 Å². The van der Waals surface area contributed by atoms with E-state index in [-0.39, 0.29) is 0 Å². The minimum atomic E-state index is 0.724. The highest BCUT2D eigenvalue weighted by atomic mass is 16.5. The fourth-order valence-electron chi connectivity index (χ4n) is 1.18. The number of methoxy groups -OCH3 is 1. The van der Waals surface area contributed by atoms with Crippen molar-refractivity contribution in [2.24, 2.45) is 0 Å². The van der Waals surface area contributed by atoms with Crippen LogP contribution in [-0.4, -0.2) is 23.5 Å². The molecule has 68 valence electrons. The fraction of sp³-hybridized carbons (Fsp3) is 0.667. The molecule has 0 aliphatic carbocycles. The number of aryl methyl sites for hydroxylation is 1. The molecule has 0 saturated heterocycles.